The lowest BCUT2D eigenvalue weighted by molar-refractivity contribution is -0.123. The van der Waals surface area contributed by atoms with Crippen LogP contribution in [-0.2, 0) is 21.4 Å². The summed E-state index contributed by atoms with van der Waals surface area (Å²) >= 11 is 1.34. The first kappa shape index (κ1) is 21.0. The Bertz CT molecular complexity index is 987. The molecular formula is C20H26N4O4S. The molecule has 1 aliphatic rings. The Morgan fingerprint density at radius 2 is 1.83 bits per heavy atom. The van der Waals surface area contributed by atoms with Gasteiger partial charge in [-0.3, -0.25) is 14.3 Å². The largest absolute Gasteiger partial charge is 0.449 e. The highest BCUT2D eigenvalue weighted by molar-refractivity contribution is 7.16. The van der Waals surface area contributed by atoms with E-state index in [0.29, 0.717) is 21.9 Å². The number of aryl methyl sites for hydroxylation is 3. The number of anilines is 2. The highest BCUT2D eigenvalue weighted by atomic mass is 32.1. The van der Waals surface area contributed by atoms with Crippen LogP contribution in [0, 0.1) is 33.6 Å². The van der Waals surface area contributed by atoms with E-state index < -0.39 is 18.0 Å². The molecule has 1 atom stereocenters. The number of thiophene rings is 1. The maximum absolute atomic E-state index is 12.8. The summed E-state index contributed by atoms with van der Waals surface area (Å²) in [5.41, 5.74) is 3.17. The third kappa shape index (κ3) is 4.34. The second-order valence-electron chi connectivity index (χ2n) is 7.46. The lowest BCUT2D eigenvalue weighted by atomic mass is 10.1. The number of amides is 2. The van der Waals surface area contributed by atoms with Crippen molar-refractivity contribution in [1.82, 2.24) is 9.78 Å². The number of rotatable bonds is 6. The number of esters is 1. The van der Waals surface area contributed by atoms with Crippen molar-refractivity contribution < 1.29 is 19.1 Å². The quantitative estimate of drug-likeness (QED) is 0.701. The molecule has 9 heteroatoms. The molecular weight excluding hydrogens is 392 g/mol. The fourth-order valence-electron chi connectivity index (χ4n) is 2.97. The smallest absolute Gasteiger partial charge is 0.342 e. The molecule has 29 heavy (non-hydrogen) atoms. The topological polar surface area (TPSA) is 102 Å². The summed E-state index contributed by atoms with van der Waals surface area (Å²) < 4.78 is 7.10. The third-order valence-electron chi connectivity index (χ3n) is 5.18. The molecule has 1 saturated carbocycles. The summed E-state index contributed by atoms with van der Waals surface area (Å²) in [6.45, 7) is 8.85. The first-order valence-corrected chi connectivity index (χ1v) is 10.3. The monoisotopic (exact) mass is 418 g/mol. The van der Waals surface area contributed by atoms with Gasteiger partial charge in [-0.05, 0) is 53.0 Å². The van der Waals surface area contributed by atoms with Crippen molar-refractivity contribution >= 4 is 39.8 Å². The molecule has 2 amide bonds. The van der Waals surface area contributed by atoms with Crippen LogP contribution >= 0.6 is 11.3 Å². The van der Waals surface area contributed by atoms with Crippen molar-refractivity contribution in [3.63, 3.8) is 0 Å². The highest BCUT2D eigenvalue weighted by Gasteiger charge is 2.32. The van der Waals surface area contributed by atoms with E-state index in [-0.39, 0.29) is 11.8 Å². The molecule has 8 nitrogen and oxygen atoms in total. The van der Waals surface area contributed by atoms with Crippen molar-refractivity contribution in [1.29, 1.82) is 0 Å². The van der Waals surface area contributed by atoms with Crippen LogP contribution in [0.1, 0.15) is 52.0 Å². The molecule has 3 rings (SSSR count). The van der Waals surface area contributed by atoms with Crippen LogP contribution in [0.25, 0.3) is 0 Å². The summed E-state index contributed by atoms with van der Waals surface area (Å²) in [6, 6.07) is 0. The molecule has 0 bridgehead atoms. The van der Waals surface area contributed by atoms with E-state index in [2.05, 4.69) is 15.7 Å². The molecule has 1 fully saturated rings. The van der Waals surface area contributed by atoms with E-state index in [1.807, 2.05) is 20.8 Å². The minimum atomic E-state index is -1.01. The molecule has 156 valence electrons. The number of hydrogen-bond donors (Lipinski definition) is 2. The fraction of sp³-hybridized carbons (Fsp3) is 0.500. The lowest BCUT2D eigenvalue weighted by Gasteiger charge is -2.15. The minimum Gasteiger partial charge on any atom is -0.449 e. The maximum atomic E-state index is 12.8. The van der Waals surface area contributed by atoms with Gasteiger partial charge in [0.15, 0.2) is 6.10 Å². The average Bonchev–Trinajstić information content (AvgIpc) is 3.42. The number of nitrogens with zero attached hydrogens (tertiary/aromatic N) is 2. The second-order valence-corrected chi connectivity index (χ2v) is 8.68. The fourth-order valence-corrected chi connectivity index (χ4v) is 4.02. The van der Waals surface area contributed by atoms with Crippen LogP contribution < -0.4 is 10.6 Å². The number of aromatic nitrogens is 2. The van der Waals surface area contributed by atoms with Crippen LogP contribution in [0.4, 0.5) is 10.7 Å². The van der Waals surface area contributed by atoms with Crippen molar-refractivity contribution in [2.75, 3.05) is 10.6 Å². The Morgan fingerprint density at radius 3 is 2.38 bits per heavy atom. The Labute approximate surface area is 173 Å². The van der Waals surface area contributed by atoms with Gasteiger partial charge in [0.1, 0.15) is 5.00 Å². The number of hydrogen-bond acceptors (Lipinski definition) is 6. The van der Waals surface area contributed by atoms with E-state index in [9.17, 15) is 14.4 Å². The molecule has 0 aliphatic heterocycles. The Balaban J connectivity index is 1.72. The summed E-state index contributed by atoms with van der Waals surface area (Å²) in [7, 11) is 1.79. The first-order valence-electron chi connectivity index (χ1n) is 9.53. The summed E-state index contributed by atoms with van der Waals surface area (Å²) in [4.78, 5) is 38.4. The van der Waals surface area contributed by atoms with Crippen LogP contribution in [0.15, 0.2) is 0 Å². The summed E-state index contributed by atoms with van der Waals surface area (Å²) in [5.74, 6) is -1.11. The highest BCUT2D eigenvalue weighted by Crippen LogP contribution is 2.36. The number of carbonyl (C=O) groups is 3. The van der Waals surface area contributed by atoms with Crippen LogP contribution in [0.3, 0.4) is 0 Å². The van der Waals surface area contributed by atoms with Gasteiger partial charge in [-0.2, -0.15) is 5.10 Å². The van der Waals surface area contributed by atoms with E-state index in [4.69, 9.17) is 4.74 Å². The molecule has 0 spiro atoms. The van der Waals surface area contributed by atoms with Crippen molar-refractivity contribution in [2.45, 2.75) is 53.6 Å². The van der Waals surface area contributed by atoms with E-state index >= 15 is 0 Å². The summed E-state index contributed by atoms with van der Waals surface area (Å²) in [5, 5.41) is 10.4. The Kier molecular flexibility index (Phi) is 5.79. The normalized spacial score (nSPS) is 14.4. The SMILES string of the molecule is Cc1nn(C)c(C)c1NC(=O)[C@H](C)OC(=O)c1c(NC(=O)C2CC2)sc(C)c1C. The van der Waals surface area contributed by atoms with Crippen molar-refractivity contribution in [3.8, 4) is 0 Å². The van der Waals surface area contributed by atoms with Gasteiger partial charge in [0.25, 0.3) is 5.91 Å². The van der Waals surface area contributed by atoms with E-state index in [1.165, 1.54) is 18.3 Å². The lowest BCUT2D eigenvalue weighted by Crippen LogP contribution is -2.30. The number of ether oxygens (including phenoxy) is 1. The Morgan fingerprint density at radius 1 is 1.17 bits per heavy atom. The van der Waals surface area contributed by atoms with Crippen LogP contribution in [0.5, 0.6) is 0 Å². The van der Waals surface area contributed by atoms with Crippen molar-refractivity contribution in [3.05, 3.63) is 27.4 Å². The van der Waals surface area contributed by atoms with Gasteiger partial charge in [-0.15, -0.1) is 11.3 Å². The maximum Gasteiger partial charge on any atom is 0.342 e. The van der Waals surface area contributed by atoms with E-state index in [1.54, 1.807) is 18.7 Å². The molecule has 2 aromatic heterocycles. The Hall–Kier alpha value is -2.68. The van der Waals surface area contributed by atoms with Gasteiger partial charge < -0.3 is 15.4 Å². The van der Waals surface area contributed by atoms with Gasteiger partial charge in [0, 0.05) is 17.8 Å². The van der Waals surface area contributed by atoms with Gasteiger partial charge in [-0.1, -0.05) is 0 Å². The van der Waals surface area contributed by atoms with Gasteiger partial charge in [0.2, 0.25) is 5.91 Å². The zero-order valence-corrected chi connectivity index (χ0v) is 18.3. The molecule has 0 radical (unpaired) electrons. The number of carbonyl (C=O) groups excluding carboxylic acids is 3. The van der Waals surface area contributed by atoms with Gasteiger partial charge >= 0.3 is 5.97 Å². The molecule has 2 heterocycles. The van der Waals surface area contributed by atoms with E-state index in [0.717, 1.165) is 29.0 Å². The second kappa shape index (κ2) is 7.98. The molecule has 0 unspecified atom stereocenters. The predicted molar refractivity (Wildman–Crippen MR) is 111 cm³/mol. The molecule has 0 aromatic carbocycles. The van der Waals surface area contributed by atoms with Crippen LogP contribution in [0.2, 0.25) is 0 Å². The third-order valence-corrected chi connectivity index (χ3v) is 6.31. The van der Waals surface area contributed by atoms with Gasteiger partial charge in [-0.25, -0.2) is 4.79 Å². The zero-order chi connectivity index (χ0) is 21.5. The summed E-state index contributed by atoms with van der Waals surface area (Å²) in [6.07, 6.45) is 0.742. The zero-order valence-electron chi connectivity index (χ0n) is 17.5. The molecule has 2 N–H and O–H groups in total. The molecule has 1 aliphatic carbocycles. The molecule has 2 aromatic rings. The standard InChI is InChI=1S/C20H26N4O4S/c1-9-13(5)29-19(22-18(26)14-7-8-14)15(9)20(27)28-12(4)17(25)21-16-10(2)23-24(6)11(16)3/h12,14H,7-8H2,1-6H3,(H,21,25)(H,22,26)/t12-/m0/s1. The predicted octanol–water partition coefficient (Wildman–Crippen LogP) is 3.25. The number of nitrogens with one attached hydrogen (secondary N) is 2. The van der Waals surface area contributed by atoms with Gasteiger partial charge in [0.05, 0.1) is 22.6 Å². The van der Waals surface area contributed by atoms with Crippen LogP contribution in [-0.4, -0.2) is 33.7 Å². The average molecular weight is 419 g/mol. The van der Waals surface area contributed by atoms with Crippen molar-refractivity contribution in [2.24, 2.45) is 13.0 Å². The molecule has 0 saturated heterocycles. The minimum absolute atomic E-state index is 0.0252. The first-order chi connectivity index (χ1) is 13.6.